The lowest BCUT2D eigenvalue weighted by molar-refractivity contribution is 0.686. The van der Waals surface area contributed by atoms with E-state index in [0.29, 0.717) is 0 Å². The average Bonchev–Trinajstić information content (AvgIpc) is 3.34. The fourth-order valence-electron chi connectivity index (χ4n) is 3.10. The summed E-state index contributed by atoms with van der Waals surface area (Å²) in [7, 11) is 0. The van der Waals surface area contributed by atoms with Gasteiger partial charge in [-0.05, 0) is 32.3 Å². The molecule has 1 saturated heterocycles. The number of hydrogen-bond acceptors (Lipinski definition) is 4. The van der Waals surface area contributed by atoms with Gasteiger partial charge >= 0.3 is 0 Å². The predicted octanol–water partition coefficient (Wildman–Crippen LogP) is 3.60. The van der Waals surface area contributed by atoms with E-state index in [1.54, 1.807) is 11.3 Å². The molecule has 0 aliphatic carbocycles. The molecule has 140 valence electrons. The van der Waals surface area contributed by atoms with Crippen LogP contribution in [0.2, 0.25) is 0 Å². The van der Waals surface area contributed by atoms with Gasteiger partial charge in [0.05, 0.1) is 11.7 Å². The number of aromatic nitrogens is 1. The molecule has 1 atom stereocenters. The van der Waals surface area contributed by atoms with Crippen molar-refractivity contribution in [1.82, 2.24) is 15.6 Å². The molecule has 1 aliphatic heterocycles. The third kappa shape index (κ3) is 5.21. The van der Waals surface area contributed by atoms with E-state index in [-0.39, 0.29) is 6.04 Å². The predicted molar refractivity (Wildman–Crippen MR) is 111 cm³/mol. The van der Waals surface area contributed by atoms with Gasteiger partial charge in [0.2, 0.25) is 0 Å². The summed E-state index contributed by atoms with van der Waals surface area (Å²) in [4.78, 5) is 11.9. The van der Waals surface area contributed by atoms with Crippen LogP contribution < -0.4 is 15.5 Å². The Hall–Kier alpha value is -2.08. The zero-order valence-electron chi connectivity index (χ0n) is 15.7. The topological polar surface area (TPSA) is 52.6 Å². The van der Waals surface area contributed by atoms with Gasteiger partial charge in [-0.15, -0.1) is 11.3 Å². The molecule has 5 nitrogen and oxygen atoms in total. The lowest BCUT2D eigenvalue weighted by Crippen LogP contribution is -2.38. The molecule has 0 radical (unpaired) electrons. The summed E-state index contributed by atoms with van der Waals surface area (Å²) in [6.45, 7) is 8.13. The Morgan fingerprint density at radius 3 is 2.77 bits per heavy atom. The Labute approximate surface area is 160 Å². The first kappa shape index (κ1) is 18.7. The first-order valence-electron chi connectivity index (χ1n) is 9.55. The lowest BCUT2D eigenvalue weighted by atomic mass is 10.1. The zero-order chi connectivity index (χ0) is 18.2. The van der Waals surface area contributed by atoms with Gasteiger partial charge in [-0.2, -0.15) is 0 Å². The second-order valence-electron chi connectivity index (χ2n) is 6.60. The fraction of sp³-hybridized carbons (Fsp3) is 0.500. The summed E-state index contributed by atoms with van der Waals surface area (Å²) in [5.74, 6) is 0.860. The molecule has 1 aromatic heterocycles. The molecule has 2 aromatic rings. The largest absolute Gasteiger partial charge is 0.357 e. The molecule has 0 saturated carbocycles. The highest BCUT2D eigenvalue weighted by Gasteiger charge is 2.15. The molecule has 2 N–H and O–H groups in total. The number of thiazole rings is 1. The highest BCUT2D eigenvalue weighted by Crippen LogP contribution is 2.24. The summed E-state index contributed by atoms with van der Waals surface area (Å²) in [6.07, 6.45) is 3.45. The molecular weight excluding hydrogens is 342 g/mol. The maximum atomic E-state index is 4.78. The fourth-order valence-corrected chi connectivity index (χ4v) is 4.01. The molecule has 1 aliphatic rings. The molecule has 0 spiro atoms. The van der Waals surface area contributed by atoms with Crippen LogP contribution in [0, 0.1) is 0 Å². The first-order valence-corrected chi connectivity index (χ1v) is 10.4. The second-order valence-corrected chi connectivity index (χ2v) is 7.44. The van der Waals surface area contributed by atoms with E-state index < -0.39 is 0 Å². The number of guanidine groups is 1. The molecule has 2 heterocycles. The minimum atomic E-state index is 0.218. The number of nitrogens with zero attached hydrogens (tertiary/aromatic N) is 3. The van der Waals surface area contributed by atoms with Crippen LogP contribution >= 0.6 is 11.3 Å². The van der Waals surface area contributed by atoms with E-state index in [2.05, 4.69) is 59.0 Å². The van der Waals surface area contributed by atoms with Crippen LogP contribution in [0.1, 0.15) is 44.0 Å². The van der Waals surface area contributed by atoms with Crippen molar-refractivity contribution < 1.29 is 0 Å². The van der Waals surface area contributed by atoms with Gasteiger partial charge in [0.1, 0.15) is 0 Å². The number of aliphatic imine (C=N–C) groups is 1. The van der Waals surface area contributed by atoms with E-state index >= 15 is 0 Å². The van der Waals surface area contributed by atoms with E-state index in [1.165, 1.54) is 23.5 Å². The number of anilines is 1. The molecule has 26 heavy (non-hydrogen) atoms. The molecular formula is C20H29N5S. The second kappa shape index (κ2) is 9.57. The smallest absolute Gasteiger partial charge is 0.191 e. The number of rotatable bonds is 7. The summed E-state index contributed by atoms with van der Waals surface area (Å²) in [5, 5.41) is 10.2. The van der Waals surface area contributed by atoms with Crippen molar-refractivity contribution in [3.05, 3.63) is 47.0 Å². The molecule has 1 fully saturated rings. The monoisotopic (exact) mass is 371 g/mol. The van der Waals surface area contributed by atoms with Crippen LogP contribution in [0.4, 0.5) is 5.13 Å². The average molecular weight is 372 g/mol. The summed E-state index contributed by atoms with van der Waals surface area (Å²) >= 11 is 1.76. The van der Waals surface area contributed by atoms with E-state index in [0.717, 1.165) is 44.3 Å². The van der Waals surface area contributed by atoms with Gasteiger partial charge < -0.3 is 15.5 Å². The van der Waals surface area contributed by atoms with E-state index in [4.69, 9.17) is 9.98 Å². The van der Waals surface area contributed by atoms with Gasteiger partial charge in [0.15, 0.2) is 11.1 Å². The third-order valence-electron chi connectivity index (χ3n) is 4.55. The van der Waals surface area contributed by atoms with Crippen molar-refractivity contribution in [3.8, 4) is 0 Å². The lowest BCUT2D eigenvalue weighted by Gasteiger charge is -2.18. The van der Waals surface area contributed by atoms with Gasteiger partial charge in [-0.1, -0.05) is 30.3 Å². The van der Waals surface area contributed by atoms with Crippen LogP contribution in [-0.2, 0) is 6.42 Å². The summed E-state index contributed by atoms with van der Waals surface area (Å²) in [6, 6.07) is 10.7. The van der Waals surface area contributed by atoms with Crippen molar-refractivity contribution in [1.29, 1.82) is 0 Å². The number of benzene rings is 1. The Bertz CT molecular complexity index is 691. The standard InChI is InChI=1S/C20H29N5S/c1-3-21-19(23-16(2)17-9-5-4-6-10-17)22-12-11-18-15-26-20(24-18)25-13-7-8-14-25/h4-6,9-10,15-16H,3,7-8,11-14H2,1-2H3,(H2,21,22,23). The van der Waals surface area contributed by atoms with Crippen LogP contribution in [-0.4, -0.2) is 37.1 Å². The van der Waals surface area contributed by atoms with Crippen molar-refractivity contribution in [2.24, 2.45) is 4.99 Å². The maximum absolute atomic E-state index is 4.78. The van der Waals surface area contributed by atoms with Crippen molar-refractivity contribution in [3.63, 3.8) is 0 Å². The van der Waals surface area contributed by atoms with Gasteiger partial charge in [0, 0.05) is 38.0 Å². The SMILES string of the molecule is CCNC(=NCCc1csc(N2CCCC2)n1)NC(C)c1ccccc1. The van der Waals surface area contributed by atoms with Gasteiger partial charge in [0.25, 0.3) is 0 Å². The minimum absolute atomic E-state index is 0.218. The Morgan fingerprint density at radius 2 is 2.04 bits per heavy atom. The van der Waals surface area contributed by atoms with Crippen molar-refractivity contribution in [2.45, 2.75) is 39.2 Å². The first-order chi connectivity index (χ1) is 12.8. The van der Waals surface area contributed by atoms with Crippen LogP contribution in [0.3, 0.4) is 0 Å². The van der Waals surface area contributed by atoms with Gasteiger partial charge in [-0.25, -0.2) is 4.98 Å². The maximum Gasteiger partial charge on any atom is 0.191 e. The molecule has 0 bridgehead atoms. The Kier molecular flexibility index (Phi) is 6.89. The van der Waals surface area contributed by atoms with Crippen LogP contribution in [0.15, 0.2) is 40.7 Å². The molecule has 1 aromatic carbocycles. The molecule has 0 amide bonds. The normalized spacial score (nSPS) is 15.9. The van der Waals surface area contributed by atoms with Crippen molar-refractivity contribution in [2.75, 3.05) is 31.1 Å². The quantitative estimate of drug-likeness (QED) is 0.577. The highest BCUT2D eigenvalue weighted by molar-refractivity contribution is 7.13. The third-order valence-corrected chi connectivity index (χ3v) is 5.50. The van der Waals surface area contributed by atoms with Gasteiger partial charge in [-0.3, -0.25) is 4.99 Å². The van der Waals surface area contributed by atoms with Crippen molar-refractivity contribution >= 4 is 22.4 Å². The van der Waals surface area contributed by atoms with Crippen LogP contribution in [0.5, 0.6) is 0 Å². The summed E-state index contributed by atoms with van der Waals surface area (Å²) in [5.41, 5.74) is 2.40. The molecule has 1 unspecified atom stereocenters. The van der Waals surface area contributed by atoms with Crippen LogP contribution in [0.25, 0.3) is 0 Å². The summed E-state index contributed by atoms with van der Waals surface area (Å²) < 4.78 is 0. The Balaban J connectivity index is 1.54. The zero-order valence-corrected chi connectivity index (χ0v) is 16.6. The molecule has 6 heteroatoms. The van der Waals surface area contributed by atoms with E-state index in [1.807, 2.05) is 6.07 Å². The number of hydrogen-bond donors (Lipinski definition) is 2. The minimum Gasteiger partial charge on any atom is -0.357 e. The van der Waals surface area contributed by atoms with E-state index in [9.17, 15) is 0 Å². The number of nitrogens with one attached hydrogen (secondary N) is 2. The Morgan fingerprint density at radius 1 is 1.27 bits per heavy atom. The highest BCUT2D eigenvalue weighted by atomic mass is 32.1. The molecule has 3 rings (SSSR count).